The van der Waals surface area contributed by atoms with Crippen molar-refractivity contribution in [1.29, 1.82) is 0 Å². The van der Waals surface area contributed by atoms with Crippen LogP contribution < -0.4 is 0 Å². The zero-order chi connectivity index (χ0) is 17.8. The summed E-state index contributed by atoms with van der Waals surface area (Å²) < 4.78 is 9.83. The van der Waals surface area contributed by atoms with Crippen molar-refractivity contribution in [1.82, 2.24) is 14.1 Å². The first kappa shape index (κ1) is 17.3. The Hall–Kier alpha value is -2.08. The number of hydrogen-bond acceptors (Lipinski definition) is 4. The van der Waals surface area contributed by atoms with Crippen LogP contribution in [-0.2, 0) is 11.3 Å². The molecule has 0 aliphatic carbocycles. The van der Waals surface area contributed by atoms with E-state index in [9.17, 15) is 0 Å². The lowest BCUT2D eigenvalue weighted by Gasteiger charge is -2.26. The molecule has 0 spiro atoms. The molecule has 0 unspecified atom stereocenters. The van der Waals surface area contributed by atoms with Gasteiger partial charge in [-0.2, -0.15) is 5.10 Å². The zero-order valence-electron chi connectivity index (χ0n) is 15.0. The van der Waals surface area contributed by atoms with E-state index < -0.39 is 0 Å². The Morgan fingerprint density at radius 2 is 1.85 bits per heavy atom. The molecule has 134 valence electrons. The van der Waals surface area contributed by atoms with Gasteiger partial charge in [-0.15, -0.1) is 0 Å². The summed E-state index contributed by atoms with van der Waals surface area (Å²) in [6, 6.07) is 17.1. The maximum Gasteiger partial charge on any atom is 0.0659 e. The van der Waals surface area contributed by atoms with E-state index in [2.05, 4.69) is 65.0 Å². The van der Waals surface area contributed by atoms with Gasteiger partial charge in [0, 0.05) is 29.7 Å². The molecule has 26 heavy (non-hydrogen) atoms. The van der Waals surface area contributed by atoms with Crippen LogP contribution in [0.2, 0.25) is 0 Å². The molecular formula is C21H23N3OS. The van der Waals surface area contributed by atoms with Crippen LogP contribution >= 0.6 is 11.9 Å². The average molecular weight is 366 g/mol. The summed E-state index contributed by atoms with van der Waals surface area (Å²) >= 11 is 1.84. The summed E-state index contributed by atoms with van der Waals surface area (Å²) in [4.78, 5) is 1.31. The third-order valence-corrected chi connectivity index (χ3v) is 5.80. The van der Waals surface area contributed by atoms with Crippen LogP contribution in [0.1, 0.15) is 11.1 Å². The third kappa shape index (κ3) is 4.18. The minimum absolute atomic E-state index is 0.794. The Bertz CT molecular complexity index is 857. The zero-order valence-corrected chi connectivity index (χ0v) is 15.8. The second kappa shape index (κ2) is 8.08. The van der Waals surface area contributed by atoms with Crippen molar-refractivity contribution in [2.24, 2.45) is 0 Å². The first-order valence-electron chi connectivity index (χ1n) is 8.96. The third-order valence-electron chi connectivity index (χ3n) is 4.54. The molecule has 4 rings (SSSR count). The Morgan fingerprint density at radius 1 is 1.04 bits per heavy atom. The van der Waals surface area contributed by atoms with Gasteiger partial charge in [0.2, 0.25) is 0 Å². The number of benzene rings is 2. The van der Waals surface area contributed by atoms with Crippen LogP contribution in [0.3, 0.4) is 0 Å². The highest BCUT2D eigenvalue weighted by Gasteiger charge is 2.14. The smallest absolute Gasteiger partial charge is 0.0659 e. The number of rotatable bonds is 5. The summed E-state index contributed by atoms with van der Waals surface area (Å²) in [5, 5.41) is 4.54. The minimum atomic E-state index is 0.794. The molecule has 0 N–H and O–H groups in total. The second-order valence-electron chi connectivity index (χ2n) is 6.53. The molecule has 2 heterocycles. The Balaban J connectivity index is 1.51. The standard InChI is InChI=1S/C21H23N3OS/c1-17-7-8-19(13-21(17)26-24-9-11-25-12-10-24)20-14-22-23(16-20)15-18-5-3-2-4-6-18/h2-8,13-14,16H,9-12,15H2,1H3. The Labute approximate surface area is 158 Å². The molecular weight excluding hydrogens is 342 g/mol. The van der Waals surface area contributed by atoms with E-state index in [0.717, 1.165) is 38.4 Å². The average Bonchev–Trinajstić information content (AvgIpc) is 3.14. The van der Waals surface area contributed by atoms with Crippen molar-refractivity contribution in [3.05, 3.63) is 72.1 Å². The van der Waals surface area contributed by atoms with Gasteiger partial charge in [0.25, 0.3) is 0 Å². The van der Waals surface area contributed by atoms with E-state index in [-0.39, 0.29) is 0 Å². The van der Waals surface area contributed by atoms with Crippen molar-refractivity contribution in [2.45, 2.75) is 18.4 Å². The number of aryl methyl sites for hydroxylation is 1. The van der Waals surface area contributed by atoms with E-state index in [1.165, 1.54) is 21.6 Å². The van der Waals surface area contributed by atoms with Crippen LogP contribution in [0.15, 0.2) is 65.8 Å². The van der Waals surface area contributed by atoms with Crippen LogP contribution in [0, 0.1) is 6.92 Å². The maximum absolute atomic E-state index is 5.45. The Kier molecular flexibility index (Phi) is 5.39. The van der Waals surface area contributed by atoms with E-state index in [1.54, 1.807) is 0 Å². The van der Waals surface area contributed by atoms with Crippen molar-refractivity contribution >= 4 is 11.9 Å². The molecule has 1 aliphatic heterocycles. The van der Waals surface area contributed by atoms with Crippen molar-refractivity contribution in [3.8, 4) is 11.1 Å². The van der Waals surface area contributed by atoms with Crippen LogP contribution in [0.5, 0.6) is 0 Å². The summed E-state index contributed by atoms with van der Waals surface area (Å²) in [6.07, 6.45) is 4.08. The first-order valence-corrected chi connectivity index (χ1v) is 9.73. The molecule has 1 fully saturated rings. The summed E-state index contributed by atoms with van der Waals surface area (Å²) in [5.41, 5.74) is 4.94. The van der Waals surface area contributed by atoms with Gasteiger partial charge in [0.1, 0.15) is 0 Å². The lowest BCUT2D eigenvalue weighted by Crippen LogP contribution is -2.30. The molecule has 0 saturated carbocycles. The van der Waals surface area contributed by atoms with E-state index in [0.29, 0.717) is 0 Å². The largest absolute Gasteiger partial charge is 0.379 e. The summed E-state index contributed by atoms with van der Waals surface area (Å²) in [6.45, 7) is 6.55. The highest BCUT2D eigenvalue weighted by molar-refractivity contribution is 7.97. The topological polar surface area (TPSA) is 30.3 Å². The summed E-state index contributed by atoms with van der Waals surface area (Å²) in [5.74, 6) is 0. The van der Waals surface area contributed by atoms with Gasteiger partial charge in [0.05, 0.1) is 26.0 Å². The predicted molar refractivity (Wildman–Crippen MR) is 106 cm³/mol. The number of aromatic nitrogens is 2. The SMILES string of the molecule is Cc1ccc(-c2cnn(Cc3ccccc3)c2)cc1SN1CCOCC1. The van der Waals surface area contributed by atoms with E-state index in [1.807, 2.05) is 28.9 Å². The van der Waals surface area contributed by atoms with Crippen molar-refractivity contribution in [3.63, 3.8) is 0 Å². The van der Waals surface area contributed by atoms with Gasteiger partial charge >= 0.3 is 0 Å². The molecule has 0 radical (unpaired) electrons. The van der Waals surface area contributed by atoms with Gasteiger partial charge in [-0.1, -0.05) is 42.5 Å². The Morgan fingerprint density at radius 3 is 2.65 bits per heavy atom. The van der Waals surface area contributed by atoms with Gasteiger partial charge < -0.3 is 4.74 Å². The molecule has 4 nitrogen and oxygen atoms in total. The predicted octanol–water partition coefficient (Wildman–Crippen LogP) is 4.25. The van der Waals surface area contributed by atoms with Gasteiger partial charge in [-0.25, -0.2) is 4.31 Å². The van der Waals surface area contributed by atoms with E-state index >= 15 is 0 Å². The van der Waals surface area contributed by atoms with Crippen molar-refractivity contribution in [2.75, 3.05) is 26.3 Å². The highest BCUT2D eigenvalue weighted by atomic mass is 32.2. The lowest BCUT2D eigenvalue weighted by molar-refractivity contribution is 0.0773. The van der Waals surface area contributed by atoms with Gasteiger partial charge in [0.15, 0.2) is 0 Å². The van der Waals surface area contributed by atoms with Gasteiger partial charge in [-0.05, 0) is 41.6 Å². The quantitative estimate of drug-likeness (QED) is 0.633. The van der Waals surface area contributed by atoms with Crippen LogP contribution in [-0.4, -0.2) is 40.4 Å². The molecule has 1 aromatic heterocycles. The lowest BCUT2D eigenvalue weighted by atomic mass is 10.1. The monoisotopic (exact) mass is 365 g/mol. The number of morpholine rings is 1. The second-order valence-corrected chi connectivity index (χ2v) is 7.66. The van der Waals surface area contributed by atoms with Crippen molar-refractivity contribution < 1.29 is 4.74 Å². The van der Waals surface area contributed by atoms with Crippen LogP contribution in [0.4, 0.5) is 0 Å². The highest BCUT2D eigenvalue weighted by Crippen LogP contribution is 2.31. The molecule has 0 atom stereocenters. The van der Waals surface area contributed by atoms with Gasteiger partial charge in [-0.3, -0.25) is 4.68 Å². The number of hydrogen-bond donors (Lipinski definition) is 0. The molecule has 2 aromatic carbocycles. The van der Waals surface area contributed by atoms with E-state index in [4.69, 9.17) is 4.74 Å². The summed E-state index contributed by atoms with van der Waals surface area (Å²) in [7, 11) is 0. The normalized spacial score (nSPS) is 15.3. The maximum atomic E-state index is 5.45. The van der Waals surface area contributed by atoms with Crippen LogP contribution in [0.25, 0.3) is 11.1 Å². The molecule has 3 aromatic rings. The number of nitrogens with zero attached hydrogens (tertiary/aromatic N) is 3. The molecule has 5 heteroatoms. The fraction of sp³-hybridized carbons (Fsp3) is 0.286. The molecule has 1 aliphatic rings. The first-order chi connectivity index (χ1) is 12.8. The fourth-order valence-electron chi connectivity index (χ4n) is 3.02. The molecule has 1 saturated heterocycles. The molecule has 0 amide bonds. The molecule has 0 bridgehead atoms. The number of ether oxygens (including phenoxy) is 1. The minimum Gasteiger partial charge on any atom is -0.379 e. The fourth-order valence-corrected chi connectivity index (χ4v) is 4.03.